The Balaban J connectivity index is 0. The summed E-state index contributed by atoms with van der Waals surface area (Å²) in [5, 5.41) is 7.74. The van der Waals surface area contributed by atoms with Crippen LogP contribution in [0.15, 0.2) is 18.2 Å². The Kier molecular flexibility index (Phi) is 7.31. The van der Waals surface area contributed by atoms with Gasteiger partial charge in [0.2, 0.25) is 0 Å². The summed E-state index contributed by atoms with van der Waals surface area (Å²) in [5.41, 5.74) is 7.73. The van der Waals surface area contributed by atoms with Crippen molar-refractivity contribution in [2.75, 3.05) is 17.7 Å². The van der Waals surface area contributed by atoms with Crippen molar-refractivity contribution in [2.45, 2.75) is 53.2 Å². The van der Waals surface area contributed by atoms with E-state index in [9.17, 15) is 0 Å². The van der Waals surface area contributed by atoms with E-state index in [0.717, 1.165) is 17.1 Å². The summed E-state index contributed by atoms with van der Waals surface area (Å²) in [4.78, 5) is 0. The highest BCUT2D eigenvalue weighted by Gasteiger charge is 2.33. The maximum atomic E-state index is 7.74. The van der Waals surface area contributed by atoms with E-state index in [2.05, 4.69) is 34.0 Å². The van der Waals surface area contributed by atoms with Gasteiger partial charge in [0.25, 0.3) is 0 Å². The van der Waals surface area contributed by atoms with E-state index in [-0.39, 0.29) is 6.17 Å². The Morgan fingerprint density at radius 1 is 1.33 bits per heavy atom. The molecular formula is C17H34N2OS. The van der Waals surface area contributed by atoms with E-state index < -0.39 is 10.3 Å². The van der Waals surface area contributed by atoms with Crippen LogP contribution in [0.25, 0.3) is 0 Å². The third-order valence-electron chi connectivity index (χ3n) is 3.56. The molecule has 0 aliphatic heterocycles. The van der Waals surface area contributed by atoms with E-state index in [1.807, 2.05) is 32.0 Å². The fraction of sp³-hybridized carbons (Fsp3) is 0.588. The van der Waals surface area contributed by atoms with Gasteiger partial charge in [-0.3, -0.25) is 0 Å². The molecule has 3 nitrogen and oxygen atoms in total. The molecule has 3 N–H and O–H groups in total. The Hall–Kier alpha value is -1.16. The maximum absolute atomic E-state index is 7.74. The van der Waals surface area contributed by atoms with Crippen molar-refractivity contribution in [1.29, 1.82) is 5.41 Å². The first kappa shape index (κ1) is 19.8. The first-order valence-corrected chi connectivity index (χ1v) is 9.64. The standard InChI is InChI=1S/C15H26N2OS.C2H6.H2/c1-7-19(6,15(3,4)5)18-12-8-9-14(17)13(10-12)11(2)16;1-2;/h8-10,16H,7,17H2,1-6H3;1-2H3;1H. The molecule has 1 atom stereocenters. The van der Waals surface area contributed by atoms with E-state index in [1.54, 1.807) is 6.92 Å². The second-order valence-corrected chi connectivity index (χ2v) is 9.84. The second kappa shape index (κ2) is 7.74. The van der Waals surface area contributed by atoms with Crippen molar-refractivity contribution in [3.05, 3.63) is 23.8 Å². The van der Waals surface area contributed by atoms with Crippen LogP contribution in [0, 0.1) is 5.41 Å². The van der Waals surface area contributed by atoms with Crippen LogP contribution in [-0.4, -0.2) is 22.5 Å². The maximum Gasteiger partial charge on any atom is 0.135 e. The van der Waals surface area contributed by atoms with Crippen molar-refractivity contribution < 1.29 is 5.61 Å². The quantitative estimate of drug-likeness (QED) is 0.571. The molecule has 124 valence electrons. The van der Waals surface area contributed by atoms with Gasteiger partial charge in [-0.15, -0.1) is 0 Å². The molecule has 0 aromatic heterocycles. The first-order valence-electron chi connectivity index (χ1n) is 7.51. The van der Waals surface area contributed by atoms with Gasteiger partial charge in [-0.25, -0.2) is 0 Å². The summed E-state index contributed by atoms with van der Waals surface area (Å²) in [7, 11) is -1.21. The van der Waals surface area contributed by atoms with Gasteiger partial charge in [0, 0.05) is 28.9 Å². The monoisotopic (exact) mass is 314 g/mol. The molecule has 0 aliphatic carbocycles. The largest absolute Gasteiger partial charge is 0.449 e. The van der Waals surface area contributed by atoms with Crippen LogP contribution in [0.3, 0.4) is 0 Å². The molecule has 0 aliphatic rings. The first-order chi connectivity index (χ1) is 9.60. The van der Waals surface area contributed by atoms with Gasteiger partial charge in [-0.2, -0.15) is 0 Å². The van der Waals surface area contributed by atoms with Crippen molar-refractivity contribution in [2.24, 2.45) is 0 Å². The number of nitrogens with one attached hydrogen (secondary N) is 1. The van der Waals surface area contributed by atoms with Crippen molar-refractivity contribution in [3.8, 4) is 5.75 Å². The van der Waals surface area contributed by atoms with E-state index in [1.165, 1.54) is 0 Å². The van der Waals surface area contributed by atoms with Crippen LogP contribution in [0.2, 0.25) is 0 Å². The highest BCUT2D eigenvalue weighted by molar-refractivity contribution is 8.30. The molecule has 0 fully saturated rings. The Morgan fingerprint density at radius 2 is 1.86 bits per heavy atom. The normalized spacial score (nSPS) is 15.2. The fourth-order valence-corrected chi connectivity index (χ4v) is 3.50. The summed E-state index contributed by atoms with van der Waals surface area (Å²) in [6.45, 7) is 14.6. The van der Waals surface area contributed by atoms with Crippen LogP contribution < -0.4 is 9.92 Å². The molecule has 1 aromatic rings. The molecule has 0 spiro atoms. The number of hydrogen-bond acceptors (Lipinski definition) is 3. The summed E-state index contributed by atoms with van der Waals surface area (Å²) < 4.78 is 6.41. The molecule has 4 heteroatoms. The average Bonchev–Trinajstić information content (AvgIpc) is 2.41. The minimum Gasteiger partial charge on any atom is -0.449 e. The highest BCUT2D eigenvalue weighted by atomic mass is 32.3. The van der Waals surface area contributed by atoms with Gasteiger partial charge in [0.15, 0.2) is 0 Å². The predicted molar refractivity (Wildman–Crippen MR) is 101 cm³/mol. The molecule has 1 aromatic carbocycles. The lowest BCUT2D eigenvalue weighted by atomic mass is 10.1. The Bertz CT molecular complexity index is 486. The topological polar surface area (TPSA) is 59.1 Å². The van der Waals surface area contributed by atoms with E-state index in [0.29, 0.717) is 11.4 Å². The molecular weight excluding hydrogens is 280 g/mol. The summed E-state index contributed by atoms with van der Waals surface area (Å²) in [6.07, 6.45) is 2.21. The van der Waals surface area contributed by atoms with Gasteiger partial charge < -0.3 is 15.3 Å². The van der Waals surface area contributed by atoms with Gasteiger partial charge in [-0.1, -0.05) is 31.1 Å². The summed E-state index contributed by atoms with van der Waals surface area (Å²) in [5.74, 6) is 1.81. The number of rotatable bonds is 4. The molecule has 0 amide bonds. The van der Waals surface area contributed by atoms with Crippen LogP contribution in [-0.2, 0) is 0 Å². The Labute approximate surface area is 133 Å². The van der Waals surface area contributed by atoms with Crippen LogP contribution >= 0.6 is 10.3 Å². The molecule has 0 saturated carbocycles. The summed E-state index contributed by atoms with van der Waals surface area (Å²) >= 11 is 0. The molecule has 0 bridgehead atoms. The minimum atomic E-state index is -1.21. The molecule has 0 heterocycles. The van der Waals surface area contributed by atoms with Gasteiger partial charge in [-0.05, 0) is 52.1 Å². The minimum absolute atomic E-state index is 0. The lowest BCUT2D eigenvalue weighted by Gasteiger charge is -2.46. The van der Waals surface area contributed by atoms with Gasteiger partial charge in [0.1, 0.15) is 5.75 Å². The molecule has 1 rings (SSSR count). The van der Waals surface area contributed by atoms with Crippen molar-refractivity contribution in [3.63, 3.8) is 0 Å². The third-order valence-corrected chi connectivity index (χ3v) is 7.81. The number of nitrogen functional groups attached to an aromatic ring is 1. The third kappa shape index (κ3) is 4.95. The SMILES string of the molecule is CC.CCS(C)(Oc1ccc(N)c(C(C)=N)c1)C(C)(C)C.[HH]. The molecule has 0 saturated heterocycles. The zero-order valence-electron chi connectivity index (χ0n) is 14.8. The highest BCUT2D eigenvalue weighted by Crippen LogP contribution is 2.56. The van der Waals surface area contributed by atoms with Crippen LogP contribution in [0.1, 0.15) is 55.5 Å². The van der Waals surface area contributed by atoms with Crippen LogP contribution in [0.5, 0.6) is 5.75 Å². The number of hydrogen-bond donors (Lipinski definition) is 2. The van der Waals surface area contributed by atoms with E-state index >= 15 is 0 Å². The zero-order chi connectivity index (χ0) is 16.8. The zero-order valence-corrected chi connectivity index (χ0v) is 15.6. The van der Waals surface area contributed by atoms with Gasteiger partial charge >= 0.3 is 0 Å². The lowest BCUT2D eigenvalue weighted by Crippen LogP contribution is -2.29. The Morgan fingerprint density at radius 3 is 2.24 bits per heavy atom. The average molecular weight is 315 g/mol. The molecule has 0 radical (unpaired) electrons. The molecule has 1 unspecified atom stereocenters. The van der Waals surface area contributed by atoms with Crippen molar-refractivity contribution >= 4 is 21.7 Å². The number of anilines is 1. The number of benzene rings is 1. The second-order valence-electron chi connectivity index (χ2n) is 5.86. The number of nitrogens with two attached hydrogens (primary N) is 1. The summed E-state index contributed by atoms with van der Waals surface area (Å²) in [6, 6.07) is 5.60. The lowest BCUT2D eigenvalue weighted by molar-refractivity contribution is 0.581. The van der Waals surface area contributed by atoms with E-state index in [4.69, 9.17) is 15.3 Å². The fourth-order valence-electron chi connectivity index (χ4n) is 1.74. The predicted octanol–water partition coefficient (Wildman–Crippen LogP) is 5.48. The van der Waals surface area contributed by atoms with Gasteiger partial charge in [0.05, 0.1) is 0 Å². The smallest absolute Gasteiger partial charge is 0.135 e. The van der Waals surface area contributed by atoms with Crippen molar-refractivity contribution in [1.82, 2.24) is 0 Å². The molecule has 21 heavy (non-hydrogen) atoms. The van der Waals surface area contributed by atoms with Crippen LogP contribution in [0.4, 0.5) is 5.69 Å².